The standard InChI is InChI=1S/C20H17N3O3S/c1-25-16-8-7-15(12-18-19(24)23-20(27-18)22-13-21)11-17(16)26-10-9-14-5-3-2-4-6-14/h2-8,11-12H,9-10H2,1H3,(H,22,23,24). The summed E-state index contributed by atoms with van der Waals surface area (Å²) in [6.07, 6.45) is 4.17. The Morgan fingerprint density at radius 1 is 1.22 bits per heavy atom. The number of nitriles is 1. The van der Waals surface area contributed by atoms with E-state index < -0.39 is 0 Å². The Bertz CT molecular complexity index is 933. The summed E-state index contributed by atoms with van der Waals surface area (Å²) in [6.45, 7) is 0.509. The molecule has 0 radical (unpaired) electrons. The fourth-order valence-corrected chi connectivity index (χ4v) is 3.27. The molecule has 1 amide bonds. The minimum atomic E-state index is -0.281. The molecule has 0 aliphatic carbocycles. The van der Waals surface area contributed by atoms with Gasteiger partial charge < -0.3 is 9.47 Å². The second-order valence-corrected chi connectivity index (χ2v) is 6.61. The average Bonchev–Trinajstić information content (AvgIpc) is 3.02. The van der Waals surface area contributed by atoms with Gasteiger partial charge in [-0.3, -0.25) is 10.1 Å². The van der Waals surface area contributed by atoms with E-state index in [1.54, 1.807) is 25.4 Å². The van der Waals surface area contributed by atoms with Gasteiger partial charge in [0.25, 0.3) is 5.91 Å². The number of methoxy groups -OCH3 is 1. The molecule has 136 valence electrons. The van der Waals surface area contributed by atoms with E-state index in [0.29, 0.717) is 23.0 Å². The molecular formula is C20H17N3O3S. The third-order valence-corrected chi connectivity index (χ3v) is 4.69. The number of benzene rings is 2. The van der Waals surface area contributed by atoms with Crippen LogP contribution >= 0.6 is 11.8 Å². The molecule has 1 fully saturated rings. The zero-order valence-electron chi connectivity index (χ0n) is 14.6. The number of rotatable bonds is 6. The van der Waals surface area contributed by atoms with Crippen LogP contribution in [0.25, 0.3) is 6.08 Å². The summed E-state index contributed by atoms with van der Waals surface area (Å²) in [4.78, 5) is 16.0. The van der Waals surface area contributed by atoms with Gasteiger partial charge in [-0.05, 0) is 41.1 Å². The third kappa shape index (κ3) is 4.90. The fraction of sp³-hybridized carbons (Fsp3) is 0.150. The first-order valence-corrected chi connectivity index (χ1v) is 9.03. The molecule has 0 saturated carbocycles. The smallest absolute Gasteiger partial charge is 0.264 e. The number of hydrogen-bond acceptors (Lipinski definition) is 6. The van der Waals surface area contributed by atoms with E-state index >= 15 is 0 Å². The summed E-state index contributed by atoms with van der Waals surface area (Å²) >= 11 is 1.13. The van der Waals surface area contributed by atoms with Crippen LogP contribution in [0.2, 0.25) is 0 Å². The number of ether oxygens (including phenoxy) is 2. The number of nitrogens with zero attached hydrogens (tertiary/aromatic N) is 2. The van der Waals surface area contributed by atoms with Crippen LogP contribution in [0.1, 0.15) is 11.1 Å². The normalized spacial score (nSPS) is 16.2. The van der Waals surface area contributed by atoms with Gasteiger partial charge in [-0.2, -0.15) is 5.26 Å². The van der Waals surface area contributed by atoms with Gasteiger partial charge in [0.15, 0.2) is 16.7 Å². The maximum absolute atomic E-state index is 12.0. The molecule has 7 heteroatoms. The van der Waals surface area contributed by atoms with Gasteiger partial charge in [-0.15, -0.1) is 4.99 Å². The molecule has 3 rings (SSSR count). The third-order valence-electron chi connectivity index (χ3n) is 3.78. The maximum atomic E-state index is 12.0. The SMILES string of the molecule is COc1ccc(C=C2SC(=NC#N)NC2=O)cc1OCCc1ccccc1. The Hall–Kier alpha value is -3.24. The minimum Gasteiger partial charge on any atom is -0.493 e. The first kappa shape index (κ1) is 18.5. The van der Waals surface area contributed by atoms with E-state index in [-0.39, 0.29) is 11.1 Å². The van der Waals surface area contributed by atoms with Crippen molar-refractivity contribution in [1.29, 1.82) is 5.26 Å². The highest BCUT2D eigenvalue weighted by Crippen LogP contribution is 2.31. The zero-order valence-corrected chi connectivity index (χ0v) is 15.5. The van der Waals surface area contributed by atoms with E-state index in [1.807, 2.05) is 30.3 Å². The molecule has 2 aromatic rings. The van der Waals surface area contributed by atoms with Crippen LogP contribution in [0.15, 0.2) is 58.4 Å². The number of amides is 1. The Labute approximate surface area is 161 Å². The molecule has 0 atom stereocenters. The molecular weight excluding hydrogens is 362 g/mol. The second-order valence-electron chi connectivity index (χ2n) is 5.58. The number of amidine groups is 1. The van der Waals surface area contributed by atoms with Crippen LogP contribution < -0.4 is 14.8 Å². The summed E-state index contributed by atoms with van der Waals surface area (Å²) in [5, 5.41) is 11.4. The van der Waals surface area contributed by atoms with Crippen molar-refractivity contribution in [1.82, 2.24) is 5.32 Å². The summed E-state index contributed by atoms with van der Waals surface area (Å²) in [5.74, 6) is 0.953. The average molecular weight is 379 g/mol. The lowest BCUT2D eigenvalue weighted by Crippen LogP contribution is -2.19. The van der Waals surface area contributed by atoms with Crippen molar-refractivity contribution in [2.75, 3.05) is 13.7 Å². The monoisotopic (exact) mass is 379 g/mol. The molecule has 1 aliphatic rings. The lowest BCUT2D eigenvalue weighted by atomic mass is 10.1. The largest absolute Gasteiger partial charge is 0.493 e. The number of hydrogen-bond donors (Lipinski definition) is 1. The number of aliphatic imine (C=N–C) groups is 1. The van der Waals surface area contributed by atoms with Crippen LogP contribution in [-0.2, 0) is 11.2 Å². The zero-order chi connectivity index (χ0) is 19.1. The molecule has 0 unspecified atom stereocenters. The minimum absolute atomic E-state index is 0.279. The number of thioether (sulfide) groups is 1. The Morgan fingerprint density at radius 3 is 2.78 bits per heavy atom. The van der Waals surface area contributed by atoms with E-state index in [4.69, 9.17) is 14.7 Å². The first-order chi connectivity index (χ1) is 13.2. The van der Waals surface area contributed by atoms with Crippen LogP contribution in [-0.4, -0.2) is 24.8 Å². The van der Waals surface area contributed by atoms with Crippen LogP contribution in [0, 0.1) is 11.5 Å². The molecule has 27 heavy (non-hydrogen) atoms. The van der Waals surface area contributed by atoms with Crippen molar-refractivity contribution in [3.05, 3.63) is 64.6 Å². The van der Waals surface area contributed by atoms with Gasteiger partial charge in [-0.1, -0.05) is 36.4 Å². The van der Waals surface area contributed by atoms with E-state index in [9.17, 15) is 4.79 Å². The fourth-order valence-electron chi connectivity index (χ4n) is 2.50. The lowest BCUT2D eigenvalue weighted by molar-refractivity contribution is -0.115. The Morgan fingerprint density at radius 2 is 2.04 bits per heavy atom. The summed E-state index contributed by atoms with van der Waals surface area (Å²) in [6, 6.07) is 15.5. The summed E-state index contributed by atoms with van der Waals surface area (Å²) in [7, 11) is 1.59. The topological polar surface area (TPSA) is 83.7 Å². The molecule has 6 nitrogen and oxygen atoms in total. The van der Waals surface area contributed by atoms with E-state index in [2.05, 4.69) is 22.4 Å². The lowest BCUT2D eigenvalue weighted by Gasteiger charge is -2.11. The van der Waals surface area contributed by atoms with Crippen LogP contribution in [0.3, 0.4) is 0 Å². The maximum Gasteiger partial charge on any atom is 0.264 e. The van der Waals surface area contributed by atoms with Crippen LogP contribution in [0.4, 0.5) is 0 Å². The van der Waals surface area contributed by atoms with Gasteiger partial charge in [0.2, 0.25) is 6.19 Å². The highest BCUT2D eigenvalue weighted by atomic mass is 32.2. The predicted molar refractivity (Wildman–Crippen MR) is 105 cm³/mol. The Kier molecular flexibility index (Phi) is 6.13. The molecule has 0 aromatic heterocycles. The van der Waals surface area contributed by atoms with Gasteiger partial charge >= 0.3 is 0 Å². The molecule has 1 saturated heterocycles. The highest BCUT2D eigenvalue weighted by Gasteiger charge is 2.23. The quantitative estimate of drug-likeness (QED) is 0.615. The van der Waals surface area contributed by atoms with Gasteiger partial charge in [0.05, 0.1) is 18.6 Å². The van der Waals surface area contributed by atoms with Crippen molar-refractivity contribution in [3.8, 4) is 17.7 Å². The molecule has 1 aliphatic heterocycles. The highest BCUT2D eigenvalue weighted by molar-refractivity contribution is 8.18. The molecule has 1 N–H and O–H groups in total. The number of carbonyl (C=O) groups is 1. The van der Waals surface area contributed by atoms with Gasteiger partial charge in [-0.25, -0.2) is 0 Å². The molecule has 1 heterocycles. The van der Waals surface area contributed by atoms with Gasteiger partial charge in [0.1, 0.15) is 0 Å². The predicted octanol–water partition coefficient (Wildman–Crippen LogP) is 3.36. The second kappa shape index (κ2) is 8.92. The Balaban J connectivity index is 1.73. The summed E-state index contributed by atoms with van der Waals surface area (Å²) < 4.78 is 11.3. The summed E-state index contributed by atoms with van der Waals surface area (Å²) in [5.41, 5.74) is 1.99. The van der Waals surface area contributed by atoms with Crippen LogP contribution in [0.5, 0.6) is 11.5 Å². The van der Waals surface area contributed by atoms with Crippen molar-refractivity contribution in [2.24, 2.45) is 4.99 Å². The van der Waals surface area contributed by atoms with Crippen molar-refractivity contribution >= 4 is 28.9 Å². The number of nitrogens with one attached hydrogen (secondary N) is 1. The number of carbonyl (C=O) groups excluding carboxylic acids is 1. The molecule has 2 aromatic carbocycles. The van der Waals surface area contributed by atoms with Crippen molar-refractivity contribution in [2.45, 2.75) is 6.42 Å². The molecule has 0 bridgehead atoms. The van der Waals surface area contributed by atoms with Crippen molar-refractivity contribution < 1.29 is 14.3 Å². The first-order valence-electron chi connectivity index (χ1n) is 8.22. The van der Waals surface area contributed by atoms with Crippen molar-refractivity contribution in [3.63, 3.8) is 0 Å². The van der Waals surface area contributed by atoms with E-state index in [1.165, 1.54) is 5.56 Å². The van der Waals surface area contributed by atoms with E-state index in [0.717, 1.165) is 23.7 Å². The van der Waals surface area contributed by atoms with Gasteiger partial charge in [0, 0.05) is 6.42 Å². The molecule has 0 spiro atoms.